The molecule has 8 heteroatoms. The summed E-state index contributed by atoms with van der Waals surface area (Å²) in [7, 11) is 0. The minimum absolute atomic E-state index is 0.0554. The van der Waals surface area contributed by atoms with Crippen LogP contribution in [-0.2, 0) is 10.2 Å². The van der Waals surface area contributed by atoms with Crippen LogP contribution in [0, 0.1) is 28.4 Å². The van der Waals surface area contributed by atoms with Crippen LogP contribution in [0.5, 0.6) is 0 Å². The predicted molar refractivity (Wildman–Crippen MR) is 133 cm³/mol. The lowest BCUT2D eigenvalue weighted by molar-refractivity contribution is -0.149. The number of benzene rings is 2. The lowest BCUT2D eigenvalue weighted by Gasteiger charge is -2.36. The van der Waals surface area contributed by atoms with Crippen LogP contribution in [0.3, 0.4) is 0 Å². The molecule has 2 aromatic heterocycles. The van der Waals surface area contributed by atoms with Gasteiger partial charge in [0.05, 0.1) is 28.7 Å². The number of nitrogens with one attached hydrogen (secondary N) is 1. The topological polar surface area (TPSA) is 94.7 Å². The summed E-state index contributed by atoms with van der Waals surface area (Å²) in [4.78, 5) is 11.9. The molecular formula is C28H28F2N4O2. The second-order valence-corrected chi connectivity index (χ2v) is 10.9. The molecule has 2 N–H and O–H groups in total. The number of carboxylic acid groups (broad SMARTS) is 1. The van der Waals surface area contributed by atoms with E-state index in [0.29, 0.717) is 31.4 Å². The summed E-state index contributed by atoms with van der Waals surface area (Å²) in [6.45, 7) is 5.77. The maximum Gasteiger partial charge on any atom is 0.309 e. The Kier molecular flexibility index (Phi) is 5.62. The number of nitriles is 1. The van der Waals surface area contributed by atoms with Gasteiger partial charge in [-0.2, -0.15) is 10.4 Å². The van der Waals surface area contributed by atoms with Crippen molar-refractivity contribution < 1.29 is 18.7 Å². The summed E-state index contributed by atoms with van der Waals surface area (Å²) in [5.74, 6) is -2.60. The first-order valence-electron chi connectivity index (χ1n) is 12.1. The zero-order chi connectivity index (χ0) is 25.8. The summed E-state index contributed by atoms with van der Waals surface area (Å²) < 4.78 is 30.3. The molecule has 0 atom stereocenters. The van der Waals surface area contributed by atoms with Crippen LogP contribution in [0.25, 0.3) is 27.5 Å². The van der Waals surface area contributed by atoms with Crippen LogP contribution >= 0.6 is 0 Å². The Labute approximate surface area is 207 Å². The molecular weight excluding hydrogens is 462 g/mol. The number of aromatic nitrogens is 3. The van der Waals surface area contributed by atoms with Gasteiger partial charge < -0.3 is 9.67 Å². The van der Waals surface area contributed by atoms with Crippen LogP contribution in [0.4, 0.5) is 8.78 Å². The third-order valence-electron chi connectivity index (χ3n) is 7.90. The quantitative estimate of drug-likeness (QED) is 0.324. The summed E-state index contributed by atoms with van der Waals surface area (Å²) in [6.07, 6.45) is 4.37. The molecule has 0 saturated heterocycles. The number of hydrogen-bond donors (Lipinski definition) is 2. The molecule has 1 aliphatic carbocycles. The van der Waals surface area contributed by atoms with Gasteiger partial charge in [-0.1, -0.05) is 13.8 Å². The van der Waals surface area contributed by atoms with Crippen molar-refractivity contribution in [1.82, 2.24) is 14.8 Å². The maximum absolute atomic E-state index is 14.5. The van der Waals surface area contributed by atoms with E-state index in [1.165, 1.54) is 6.07 Å². The molecule has 36 heavy (non-hydrogen) atoms. The fourth-order valence-corrected chi connectivity index (χ4v) is 5.76. The second kappa shape index (κ2) is 8.44. The number of nitrogens with zero attached hydrogens (tertiary/aromatic N) is 3. The van der Waals surface area contributed by atoms with Crippen molar-refractivity contribution in [2.24, 2.45) is 5.41 Å². The Hall–Kier alpha value is -3.73. The fourth-order valence-electron chi connectivity index (χ4n) is 5.76. The molecule has 0 aliphatic heterocycles. The van der Waals surface area contributed by atoms with Crippen molar-refractivity contribution in [3.63, 3.8) is 0 Å². The largest absolute Gasteiger partial charge is 0.481 e. The van der Waals surface area contributed by atoms with Gasteiger partial charge in [-0.15, -0.1) is 0 Å². The monoisotopic (exact) mass is 490 g/mol. The van der Waals surface area contributed by atoms with Crippen LogP contribution in [0.1, 0.15) is 70.1 Å². The molecule has 5 rings (SSSR count). The molecule has 2 heterocycles. The number of halogens is 2. The molecule has 0 unspecified atom stereocenters. The number of aliphatic carboxylic acids is 1. The van der Waals surface area contributed by atoms with E-state index in [0.717, 1.165) is 39.1 Å². The van der Waals surface area contributed by atoms with E-state index in [4.69, 9.17) is 0 Å². The van der Waals surface area contributed by atoms with E-state index in [2.05, 4.69) is 16.3 Å². The fraction of sp³-hybridized carbons (Fsp3) is 0.393. The molecule has 2 aromatic carbocycles. The minimum Gasteiger partial charge on any atom is -0.481 e. The third kappa shape index (κ3) is 3.74. The van der Waals surface area contributed by atoms with Gasteiger partial charge in [0.15, 0.2) is 11.6 Å². The Morgan fingerprint density at radius 3 is 2.61 bits per heavy atom. The zero-order valence-corrected chi connectivity index (χ0v) is 20.5. The van der Waals surface area contributed by atoms with Crippen LogP contribution in [0.15, 0.2) is 36.5 Å². The summed E-state index contributed by atoms with van der Waals surface area (Å²) in [5.41, 5.74) is 2.66. The smallest absolute Gasteiger partial charge is 0.309 e. The van der Waals surface area contributed by atoms with Gasteiger partial charge in [-0.25, -0.2) is 8.78 Å². The predicted octanol–water partition coefficient (Wildman–Crippen LogP) is 6.72. The van der Waals surface area contributed by atoms with Crippen molar-refractivity contribution in [1.29, 1.82) is 5.26 Å². The van der Waals surface area contributed by atoms with E-state index < -0.39 is 28.4 Å². The van der Waals surface area contributed by atoms with E-state index in [9.17, 15) is 23.9 Å². The highest BCUT2D eigenvalue weighted by molar-refractivity contribution is 5.99. The Balaban J connectivity index is 1.83. The maximum atomic E-state index is 14.5. The minimum atomic E-state index is -0.945. The summed E-state index contributed by atoms with van der Waals surface area (Å²) >= 11 is 0. The van der Waals surface area contributed by atoms with E-state index in [1.54, 1.807) is 19.2 Å². The molecule has 1 aliphatic rings. The molecule has 1 saturated carbocycles. The highest BCUT2D eigenvalue weighted by Crippen LogP contribution is 2.50. The van der Waals surface area contributed by atoms with Crippen molar-refractivity contribution in [3.05, 3.63) is 59.4 Å². The van der Waals surface area contributed by atoms with Gasteiger partial charge in [-0.3, -0.25) is 9.89 Å². The van der Waals surface area contributed by atoms with Crippen LogP contribution < -0.4 is 0 Å². The second-order valence-electron chi connectivity index (χ2n) is 10.9. The number of H-pyrrole nitrogens is 1. The van der Waals surface area contributed by atoms with Crippen LogP contribution in [-0.4, -0.2) is 25.8 Å². The first kappa shape index (κ1) is 24.0. The summed E-state index contributed by atoms with van der Waals surface area (Å²) in [6, 6.07) is 10.2. The lowest BCUT2D eigenvalue weighted by Crippen LogP contribution is -2.32. The van der Waals surface area contributed by atoms with Crippen molar-refractivity contribution >= 4 is 27.8 Å². The molecule has 1 fully saturated rings. The number of fused-ring (bicyclic) bond motifs is 2. The average molecular weight is 491 g/mol. The van der Waals surface area contributed by atoms with Crippen molar-refractivity contribution in [2.45, 2.75) is 64.2 Å². The Morgan fingerprint density at radius 1 is 1.25 bits per heavy atom. The number of aromatic amines is 1. The molecule has 0 spiro atoms. The van der Waals surface area contributed by atoms with E-state index in [1.807, 2.05) is 30.5 Å². The zero-order valence-electron chi connectivity index (χ0n) is 20.5. The molecule has 0 radical (unpaired) electrons. The summed E-state index contributed by atoms with van der Waals surface area (Å²) in [5, 5.41) is 28.4. The third-order valence-corrected chi connectivity index (χ3v) is 7.90. The number of carbonyl (C=O) groups is 1. The van der Waals surface area contributed by atoms with Gasteiger partial charge in [-0.05, 0) is 68.4 Å². The van der Waals surface area contributed by atoms with E-state index in [-0.39, 0.29) is 12.3 Å². The highest BCUT2D eigenvalue weighted by atomic mass is 19.2. The number of hydrogen-bond acceptors (Lipinski definition) is 3. The first-order chi connectivity index (χ1) is 17.1. The Bertz CT molecular complexity index is 1530. The van der Waals surface area contributed by atoms with Gasteiger partial charge in [0, 0.05) is 40.1 Å². The van der Waals surface area contributed by atoms with Gasteiger partial charge in [0.25, 0.3) is 0 Å². The average Bonchev–Trinajstić information content (AvgIpc) is 3.42. The molecule has 0 amide bonds. The first-order valence-corrected chi connectivity index (χ1v) is 12.1. The number of carboxylic acids is 1. The van der Waals surface area contributed by atoms with Crippen molar-refractivity contribution in [3.8, 4) is 11.8 Å². The van der Waals surface area contributed by atoms with E-state index >= 15 is 0 Å². The molecule has 0 bridgehead atoms. The molecule has 186 valence electrons. The van der Waals surface area contributed by atoms with Gasteiger partial charge in [0.2, 0.25) is 0 Å². The normalized spacial score (nSPS) is 20.6. The van der Waals surface area contributed by atoms with Crippen molar-refractivity contribution in [2.75, 3.05) is 0 Å². The lowest BCUT2D eigenvalue weighted by atomic mass is 9.68. The van der Waals surface area contributed by atoms with Gasteiger partial charge >= 0.3 is 5.97 Å². The molecule has 4 aromatic rings. The van der Waals surface area contributed by atoms with Gasteiger partial charge in [0.1, 0.15) is 0 Å². The SMILES string of the molecule is CC(C)(CC#N)c1c([C@H]2CC[C@](C)(C(=O)O)CC2)c2cc3[nH]ncc3cc2n1-c1ccc(F)c(F)c1. The molecule has 6 nitrogen and oxygen atoms in total. The number of rotatable bonds is 5. The standard InChI is InChI=1S/C28H28F2N4O2/c1-27(2,10-11-31)25-24(16-6-8-28(3,9-7-16)26(35)36)19-14-22-17(15-32-33-22)12-23(19)34(25)18-4-5-20(29)21(30)13-18/h4-5,12-16H,6-10H2,1-3H3,(H,32,33)(H,35,36)/t16-,28-. The highest BCUT2D eigenvalue weighted by Gasteiger charge is 2.41. The van der Waals surface area contributed by atoms with Crippen LogP contribution in [0.2, 0.25) is 0 Å². The Morgan fingerprint density at radius 2 is 1.97 bits per heavy atom.